The van der Waals surface area contributed by atoms with E-state index in [1.807, 2.05) is 0 Å². The van der Waals surface area contributed by atoms with Crippen LogP contribution in [0.25, 0.3) is 0 Å². The van der Waals surface area contributed by atoms with Gasteiger partial charge in [-0.1, -0.05) is 13.3 Å². The van der Waals surface area contributed by atoms with Crippen LogP contribution in [0.1, 0.15) is 40.7 Å². The first kappa shape index (κ1) is 13.6. The molecule has 1 amide bonds. The molecule has 2 rings (SSSR count). The lowest BCUT2D eigenvalue weighted by molar-refractivity contribution is -0.0259. The van der Waals surface area contributed by atoms with Crippen LogP contribution in [-0.2, 0) is 4.74 Å². The van der Waals surface area contributed by atoms with E-state index in [9.17, 15) is 9.59 Å². The van der Waals surface area contributed by atoms with Gasteiger partial charge in [0.25, 0.3) is 5.91 Å². The molecule has 0 radical (unpaired) electrons. The van der Waals surface area contributed by atoms with Gasteiger partial charge in [-0.25, -0.2) is 4.79 Å². The first-order valence-electron chi connectivity index (χ1n) is 6.34. The minimum atomic E-state index is -1.10. The van der Waals surface area contributed by atoms with Crippen molar-refractivity contribution in [1.29, 1.82) is 0 Å². The Kier molecular flexibility index (Phi) is 4.21. The smallest absolute Gasteiger partial charge is 0.338 e. The topological polar surface area (TPSA) is 80.0 Å². The number of amides is 1. The number of carbonyl (C=O) groups is 2. The van der Waals surface area contributed by atoms with Gasteiger partial charge in [-0.05, 0) is 6.42 Å². The Bertz CT molecular complexity index is 465. The molecule has 1 fully saturated rings. The molecule has 0 spiro atoms. The number of aromatic carboxylic acids is 1. The number of carboxylic acid groups (broad SMARTS) is 1. The summed E-state index contributed by atoms with van der Waals surface area (Å²) in [6.45, 7) is 3.59. The predicted molar refractivity (Wildman–Crippen MR) is 66.2 cm³/mol. The summed E-state index contributed by atoms with van der Waals surface area (Å²) in [5.41, 5.74) is -0.0123. The van der Waals surface area contributed by atoms with Gasteiger partial charge >= 0.3 is 5.97 Å². The Morgan fingerprint density at radius 1 is 1.53 bits per heavy atom. The van der Waals surface area contributed by atoms with Crippen molar-refractivity contribution in [2.24, 2.45) is 0 Å². The number of morpholine rings is 1. The molecular formula is C13H17NO5. The molecule has 6 nitrogen and oxygen atoms in total. The average Bonchev–Trinajstić information content (AvgIpc) is 2.88. The second kappa shape index (κ2) is 5.88. The standard InChI is InChI=1S/C13H17NO5/c1-2-3-10-7-14(4-5-18-10)12(15)11-6-9(8-19-11)13(16)17/h6,8,10H,2-5,7H2,1H3,(H,16,17). The largest absolute Gasteiger partial charge is 0.478 e. The number of nitrogens with zero attached hydrogens (tertiary/aromatic N) is 1. The van der Waals surface area contributed by atoms with Gasteiger partial charge < -0.3 is 19.2 Å². The number of rotatable bonds is 4. The summed E-state index contributed by atoms with van der Waals surface area (Å²) in [5, 5.41) is 8.80. The molecule has 1 saturated heterocycles. The van der Waals surface area contributed by atoms with E-state index >= 15 is 0 Å². The van der Waals surface area contributed by atoms with Crippen molar-refractivity contribution < 1.29 is 23.8 Å². The molecule has 1 aromatic rings. The highest BCUT2D eigenvalue weighted by Crippen LogP contribution is 2.15. The normalized spacial score (nSPS) is 19.4. The lowest BCUT2D eigenvalue weighted by atomic mass is 10.1. The zero-order valence-electron chi connectivity index (χ0n) is 10.8. The lowest BCUT2D eigenvalue weighted by Gasteiger charge is -2.32. The zero-order chi connectivity index (χ0) is 13.8. The number of hydrogen-bond donors (Lipinski definition) is 1. The summed E-state index contributed by atoms with van der Waals surface area (Å²) in [6.07, 6.45) is 3.04. The van der Waals surface area contributed by atoms with Gasteiger partial charge in [0.1, 0.15) is 6.26 Å². The molecule has 0 saturated carbocycles. The first-order valence-corrected chi connectivity index (χ1v) is 6.34. The van der Waals surface area contributed by atoms with Gasteiger partial charge in [0.05, 0.1) is 18.3 Å². The van der Waals surface area contributed by atoms with Crippen molar-refractivity contribution in [2.75, 3.05) is 19.7 Å². The second-order valence-electron chi connectivity index (χ2n) is 4.54. The molecular weight excluding hydrogens is 250 g/mol. The van der Waals surface area contributed by atoms with E-state index in [0.29, 0.717) is 19.7 Å². The Balaban J connectivity index is 2.03. The van der Waals surface area contributed by atoms with Crippen molar-refractivity contribution in [1.82, 2.24) is 4.90 Å². The van der Waals surface area contributed by atoms with Crippen molar-refractivity contribution >= 4 is 11.9 Å². The number of ether oxygens (including phenoxy) is 1. The fourth-order valence-corrected chi connectivity index (χ4v) is 2.12. The zero-order valence-corrected chi connectivity index (χ0v) is 10.8. The molecule has 2 heterocycles. The van der Waals surface area contributed by atoms with E-state index in [-0.39, 0.29) is 23.3 Å². The van der Waals surface area contributed by atoms with Crippen LogP contribution in [0.5, 0.6) is 0 Å². The summed E-state index contributed by atoms with van der Waals surface area (Å²) < 4.78 is 10.6. The Morgan fingerprint density at radius 3 is 2.95 bits per heavy atom. The number of carbonyl (C=O) groups excluding carboxylic acids is 1. The number of carboxylic acids is 1. The minimum Gasteiger partial charge on any atom is -0.478 e. The molecule has 1 aromatic heterocycles. The first-order chi connectivity index (χ1) is 9.11. The third-order valence-corrected chi connectivity index (χ3v) is 3.09. The number of furan rings is 1. The monoisotopic (exact) mass is 267 g/mol. The van der Waals surface area contributed by atoms with E-state index in [1.165, 1.54) is 6.07 Å². The molecule has 1 atom stereocenters. The molecule has 104 valence electrons. The van der Waals surface area contributed by atoms with Crippen LogP contribution < -0.4 is 0 Å². The number of hydrogen-bond acceptors (Lipinski definition) is 4. The molecule has 0 bridgehead atoms. The molecule has 1 N–H and O–H groups in total. The van der Waals surface area contributed by atoms with Crippen LogP contribution >= 0.6 is 0 Å². The van der Waals surface area contributed by atoms with Crippen molar-refractivity contribution in [3.8, 4) is 0 Å². The van der Waals surface area contributed by atoms with Gasteiger partial charge in [-0.15, -0.1) is 0 Å². The lowest BCUT2D eigenvalue weighted by Crippen LogP contribution is -2.45. The fraction of sp³-hybridized carbons (Fsp3) is 0.538. The molecule has 1 aliphatic rings. The minimum absolute atomic E-state index is 0.0123. The highest BCUT2D eigenvalue weighted by atomic mass is 16.5. The molecule has 0 aliphatic carbocycles. The van der Waals surface area contributed by atoms with Gasteiger partial charge in [0.2, 0.25) is 0 Å². The summed E-state index contributed by atoms with van der Waals surface area (Å²) in [7, 11) is 0. The second-order valence-corrected chi connectivity index (χ2v) is 4.54. The summed E-state index contributed by atoms with van der Waals surface area (Å²) in [4.78, 5) is 24.6. The summed E-state index contributed by atoms with van der Waals surface area (Å²) >= 11 is 0. The third kappa shape index (κ3) is 3.14. The Labute approximate surface area is 110 Å². The van der Waals surface area contributed by atoms with Gasteiger partial charge in [-0.2, -0.15) is 0 Å². The highest BCUT2D eigenvalue weighted by molar-refractivity contribution is 5.95. The van der Waals surface area contributed by atoms with Gasteiger partial charge in [0.15, 0.2) is 5.76 Å². The fourth-order valence-electron chi connectivity index (χ4n) is 2.12. The third-order valence-electron chi connectivity index (χ3n) is 3.09. The van der Waals surface area contributed by atoms with Crippen LogP contribution in [-0.4, -0.2) is 47.7 Å². The van der Waals surface area contributed by atoms with Crippen molar-refractivity contribution in [3.63, 3.8) is 0 Å². The maximum Gasteiger partial charge on any atom is 0.338 e. The van der Waals surface area contributed by atoms with Crippen LogP contribution in [0.2, 0.25) is 0 Å². The molecule has 1 aliphatic heterocycles. The van der Waals surface area contributed by atoms with E-state index in [2.05, 4.69) is 6.92 Å². The molecule has 19 heavy (non-hydrogen) atoms. The SMILES string of the molecule is CCCC1CN(C(=O)c2cc(C(=O)O)co2)CCO1. The summed E-state index contributed by atoms with van der Waals surface area (Å²) in [6, 6.07) is 1.26. The Morgan fingerprint density at radius 2 is 2.32 bits per heavy atom. The van der Waals surface area contributed by atoms with Crippen LogP contribution in [0, 0.1) is 0 Å². The maximum absolute atomic E-state index is 12.2. The van der Waals surface area contributed by atoms with Crippen LogP contribution in [0.3, 0.4) is 0 Å². The Hall–Kier alpha value is -1.82. The molecule has 1 unspecified atom stereocenters. The van der Waals surface area contributed by atoms with Gasteiger partial charge in [-0.3, -0.25) is 4.79 Å². The van der Waals surface area contributed by atoms with E-state index in [4.69, 9.17) is 14.3 Å². The van der Waals surface area contributed by atoms with Crippen LogP contribution in [0.15, 0.2) is 16.7 Å². The van der Waals surface area contributed by atoms with E-state index in [0.717, 1.165) is 19.1 Å². The average molecular weight is 267 g/mol. The van der Waals surface area contributed by atoms with E-state index in [1.54, 1.807) is 4.90 Å². The summed E-state index contributed by atoms with van der Waals surface area (Å²) in [5.74, 6) is -1.32. The molecule has 0 aromatic carbocycles. The van der Waals surface area contributed by atoms with Crippen LogP contribution in [0.4, 0.5) is 0 Å². The predicted octanol–water partition coefficient (Wildman–Crippen LogP) is 1.62. The van der Waals surface area contributed by atoms with Crippen molar-refractivity contribution in [3.05, 3.63) is 23.7 Å². The van der Waals surface area contributed by atoms with E-state index < -0.39 is 5.97 Å². The van der Waals surface area contributed by atoms with Crippen molar-refractivity contribution in [2.45, 2.75) is 25.9 Å². The molecule has 6 heteroatoms. The highest BCUT2D eigenvalue weighted by Gasteiger charge is 2.26. The maximum atomic E-state index is 12.2. The quantitative estimate of drug-likeness (QED) is 0.896. The van der Waals surface area contributed by atoms with Gasteiger partial charge in [0, 0.05) is 19.2 Å².